The lowest BCUT2D eigenvalue weighted by Gasteiger charge is -2.13. The molecule has 0 aromatic heterocycles. The molecule has 1 rings (SSSR count). The first-order valence-electron chi connectivity index (χ1n) is 5.90. The van der Waals surface area contributed by atoms with E-state index in [0.717, 1.165) is 0 Å². The van der Waals surface area contributed by atoms with E-state index in [9.17, 15) is 4.79 Å². The minimum atomic E-state index is -0.484. The Labute approximate surface area is 112 Å². The Morgan fingerprint density at radius 1 is 1.21 bits per heavy atom. The van der Waals surface area contributed by atoms with Crippen LogP contribution in [-0.2, 0) is 9.47 Å². The molecule has 0 spiro atoms. The van der Waals surface area contributed by atoms with Crippen LogP contribution >= 0.6 is 0 Å². The van der Waals surface area contributed by atoms with Crippen molar-refractivity contribution < 1.29 is 23.7 Å². The monoisotopic (exact) mass is 269 g/mol. The summed E-state index contributed by atoms with van der Waals surface area (Å²) >= 11 is 0. The fourth-order valence-corrected chi connectivity index (χ4v) is 1.47. The average molecular weight is 269 g/mol. The number of carbonyl (C=O) groups is 1. The number of benzene rings is 1. The summed E-state index contributed by atoms with van der Waals surface area (Å²) in [6, 6.07) is 3.05. The number of anilines is 1. The molecule has 106 valence electrons. The summed E-state index contributed by atoms with van der Waals surface area (Å²) in [4.78, 5) is 11.7. The van der Waals surface area contributed by atoms with Crippen molar-refractivity contribution in [2.24, 2.45) is 0 Å². The number of carbonyl (C=O) groups excluding carboxylic acids is 1. The van der Waals surface area contributed by atoms with Crippen LogP contribution in [-0.4, -0.2) is 40.0 Å². The van der Waals surface area contributed by atoms with Crippen LogP contribution in [0.25, 0.3) is 0 Å². The number of hydrogen-bond acceptors (Lipinski definition) is 6. The van der Waals surface area contributed by atoms with Gasteiger partial charge in [0, 0.05) is 19.2 Å². The van der Waals surface area contributed by atoms with E-state index in [2.05, 4.69) is 0 Å². The molecule has 2 N–H and O–H groups in total. The van der Waals surface area contributed by atoms with Gasteiger partial charge in [0.25, 0.3) is 0 Å². The largest absolute Gasteiger partial charge is 0.493 e. The van der Waals surface area contributed by atoms with Crippen LogP contribution in [0.1, 0.15) is 17.3 Å². The highest BCUT2D eigenvalue weighted by Gasteiger charge is 2.16. The van der Waals surface area contributed by atoms with Gasteiger partial charge < -0.3 is 24.7 Å². The number of hydrogen-bond donors (Lipinski definition) is 1. The standard InChI is InChI=1S/C13H19NO5/c1-4-18-13(15)9-7-11(17-3)12(8-10(9)14)19-6-5-16-2/h7-8H,4-6,14H2,1-3H3. The van der Waals surface area contributed by atoms with Gasteiger partial charge in [-0.2, -0.15) is 0 Å². The number of esters is 1. The number of nitrogens with two attached hydrogens (primary N) is 1. The highest BCUT2D eigenvalue weighted by Crippen LogP contribution is 2.32. The molecule has 0 radical (unpaired) electrons. The Morgan fingerprint density at radius 2 is 1.95 bits per heavy atom. The third-order valence-electron chi connectivity index (χ3n) is 2.38. The zero-order valence-corrected chi connectivity index (χ0v) is 11.4. The third-order valence-corrected chi connectivity index (χ3v) is 2.38. The van der Waals surface area contributed by atoms with E-state index in [4.69, 9.17) is 24.7 Å². The van der Waals surface area contributed by atoms with Crippen LogP contribution in [0, 0.1) is 0 Å². The molecule has 0 saturated heterocycles. The Hall–Kier alpha value is -1.95. The van der Waals surface area contributed by atoms with Gasteiger partial charge in [-0.25, -0.2) is 4.79 Å². The number of methoxy groups -OCH3 is 2. The van der Waals surface area contributed by atoms with Gasteiger partial charge in [-0.3, -0.25) is 0 Å². The van der Waals surface area contributed by atoms with E-state index in [1.165, 1.54) is 13.2 Å². The van der Waals surface area contributed by atoms with Crippen LogP contribution in [0.4, 0.5) is 5.69 Å². The van der Waals surface area contributed by atoms with Crippen molar-refractivity contribution in [3.63, 3.8) is 0 Å². The molecule has 19 heavy (non-hydrogen) atoms. The van der Waals surface area contributed by atoms with Crippen molar-refractivity contribution in [3.05, 3.63) is 17.7 Å². The highest BCUT2D eigenvalue weighted by atomic mass is 16.5. The molecule has 0 aliphatic rings. The molecule has 1 aromatic rings. The summed E-state index contributed by atoms with van der Waals surface area (Å²) in [5.74, 6) is 0.403. The zero-order chi connectivity index (χ0) is 14.3. The summed E-state index contributed by atoms with van der Waals surface area (Å²) in [5, 5.41) is 0. The van der Waals surface area contributed by atoms with E-state index >= 15 is 0 Å². The molecule has 6 nitrogen and oxygen atoms in total. The fraction of sp³-hybridized carbons (Fsp3) is 0.462. The molecule has 6 heteroatoms. The second-order valence-corrected chi connectivity index (χ2v) is 3.65. The van der Waals surface area contributed by atoms with Crippen LogP contribution < -0.4 is 15.2 Å². The van der Waals surface area contributed by atoms with Crippen molar-refractivity contribution in [3.8, 4) is 11.5 Å². The van der Waals surface area contributed by atoms with E-state index in [1.807, 2.05) is 0 Å². The maximum absolute atomic E-state index is 11.7. The molecule has 0 bridgehead atoms. The van der Waals surface area contributed by atoms with Gasteiger partial charge in [0.2, 0.25) is 0 Å². The number of ether oxygens (including phenoxy) is 4. The molecule has 0 aliphatic heterocycles. The van der Waals surface area contributed by atoms with E-state index in [1.54, 1.807) is 20.1 Å². The Bertz CT molecular complexity index is 433. The van der Waals surface area contributed by atoms with Crippen LogP contribution in [0.5, 0.6) is 11.5 Å². The SMILES string of the molecule is CCOC(=O)c1cc(OC)c(OCCOC)cc1N. The molecule has 0 saturated carbocycles. The number of nitrogen functional groups attached to an aromatic ring is 1. The first kappa shape index (κ1) is 15.1. The van der Waals surface area contributed by atoms with Crippen molar-refractivity contribution in [2.75, 3.05) is 39.8 Å². The van der Waals surface area contributed by atoms with Gasteiger partial charge in [0.15, 0.2) is 11.5 Å². The average Bonchev–Trinajstić information content (AvgIpc) is 2.39. The van der Waals surface area contributed by atoms with Crippen molar-refractivity contribution in [2.45, 2.75) is 6.92 Å². The summed E-state index contributed by atoms with van der Waals surface area (Å²) in [7, 11) is 3.07. The second-order valence-electron chi connectivity index (χ2n) is 3.65. The smallest absolute Gasteiger partial charge is 0.340 e. The van der Waals surface area contributed by atoms with Crippen molar-refractivity contribution in [1.29, 1.82) is 0 Å². The predicted octanol–water partition coefficient (Wildman–Crippen LogP) is 1.48. The minimum absolute atomic E-state index is 0.262. The zero-order valence-electron chi connectivity index (χ0n) is 11.4. The van der Waals surface area contributed by atoms with Gasteiger partial charge in [0.05, 0.1) is 31.6 Å². The first-order valence-corrected chi connectivity index (χ1v) is 5.90. The van der Waals surface area contributed by atoms with Gasteiger partial charge >= 0.3 is 5.97 Å². The summed E-state index contributed by atoms with van der Waals surface area (Å²) < 4.78 is 20.4. The molecule has 0 fully saturated rings. The van der Waals surface area contributed by atoms with E-state index in [0.29, 0.717) is 24.7 Å². The van der Waals surface area contributed by atoms with Gasteiger partial charge in [-0.05, 0) is 6.92 Å². The lowest BCUT2D eigenvalue weighted by atomic mass is 10.1. The topological polar surface area (TPSA) is 80.0 Å². The van der Waals surface area contributed by atoms with Crippen LogP contribution in [0.3, 0.4) is 0 Å². The van der Waals surface area contributed by atoms with Crippen LogP contribution in [0.15, 0.2) is 12.1 Å². The molecule has 0 unspecified atom stereocenters. The minimum Gasteiger partial charge on any atom is -0.493 e. The summed E-state index contributed by atoms with van der Waals surface area (Å²) in [6.07, 6.45) is 0. The van der Waals surface area contributed by atoms with Gasteiger partial charge in [-0.15, -0.1) is 0 Å². The van der Waals surface area contributed by atoms with Crippen molar-refractivity contribution >= 4 is 11.7 Å². The van der Waals surface area contributed by atoms with E-state index < -0.39 is 5.97 Å². The first-order chi connectivity index (χ1) is 9.13. The highest BCUT2D eigenvalue weighted by molar-refractivity contribution is 5.96. The predicted molar refractivity (Wildman–Crippen MR) is 70.7 cm³/mol. The number of rotatable bonds is 7. The Morgan fingerprint density at radius 3 is 2.53 bits per heavy atom. The maximum atomic E-state index is 11.7. The summed E-state index contributed by atoms with van der Waals surface area (Å²) in [6.45, 7) is 2.83. The van der Waals surface area contributed by atoms with Crippen LogP contribution in [0.2, 0.25) is 0 Å². The lowest BCUT2D eigenvalue weighted by Crippen LogP contribution is -2.10. The molecule has 0 amide bonds. The molecular formula is C13H19NO5. The molecule has 0 aliphatic carbocycles. The molecular weight excluding hydrogens is 250 g/mol. The Balaban J connectivity index is 2.96. The lowest BCUT2D eigenvalue weighted by molar-refractivity contribution is 0.0527. The van der Waals surface area contributed by atoms with E-state index in [-0.39, 0.29) is 17.9 Å². The normalized spacial score (nSPS) is 10.1. The second kappa shape index (κ2) is 7.48. The quantitative estimate of drug-likeness (QED) is 0.459. The molecule has 0 atom stereocenters. The maximum Gasteiger partial charge on any atom is 0.340 e. The summed E-state index contributed by atoms with van der Waals surface area (Å²) in [5.41, 5.74) is 6.36. The van der Waals surface area contributed by atoms with Crippen molar-refractivity contribution in [1.82, 2.24) is 0 Å². The fourth-order valence-electron chi connectivity index (χ4n) is 1.47. The van der Waals surface area contributed by atoms with Gasteiger partial charge in [-0.1, -0.05) is 0 Å². The Kier molecular flexibility index (Phi) is 5.95. The third kappa shape index (κ3) is 4.03. The molecule has 1 aromatic carbocycles. The molecule has 0 heterocycles. The van der Waals surface area contributed by atoms with Gasteiger partial charge in [0.1, 0.15) is 6.61 Å².